The zero-order chi connectivity index (χ0) is 36.2. The molecule has 0 bridgehead atoms. The average Bonchev–Trinajstić information content (AvgIpc) is 3.81. The number of aryl methyl sites for hydroxylation is 2. The van der Waals surface area contributed by atoms with E-state index < -0.39 is 23.3 Å². The van der Waals surface area contributed by atoms with Gasteiger partial charge in [0.2, 0.25) is 5.91 Å². The van der Waals surface area contributed by atoms with Crippen molar-refractivity contribution in [2.24, 2.45) is 0 Å². The van der Waals surface area contributed by atoms with Gasteiger partial charge in [-0.2, -0.15) is 0 Å². The van der Waals surface area contributed by atoms with Crippen molar-refractivity contribution < 1.29 is 19.1 Å². The van der Waals surface area contributed by atoms with Crippen LogP contribution in [0.15, 0.2) is 85.2 Å². The molecule has 6 rings (SSSR count). The third-order valence-electron chi connectivity index (χ3n) is 8.97. The van der Waals surface area contributed by atoms with Gasteiger partial charge in [-0.25, -0.2) is 4.79 Å². The summed E-state index contributed by atoms with van der Waals surface area (Å²) in [6, 6.07) is 23.7. The maximum absolute atomic E-state index is 14.0. The lowest BCUT2D eigenvalue weighted by atomic mass is 10.0. The van der Waals surface area contributed by atoms with E-state index in [1.165, 1.54) is 10.9 Å². The van der Waals surface area contributed by atoms with Crippen LogP contribution in [0.1, 0.15) is 75.4 Å². The number of carbonyl (C=O) groups is 2. The van der Waals surface area contributed by atoms with Gasteiger partial charge in [-0.05, 0) is 88.4 Å². The molecule has 3 aromatic heterocycles. The van der Waals surface area contributed by atoms with Crippen LogP contribution in [0.4, 0.5) is 4.79 Å². The fourth-order valence-electron chi connectivity index (χ4n) is 6.33. The molecular formula is C40H47N7O4. The van der Waals surface area contributed by atoms with Gasteiger partial charge in [0.1, 0.15) is 22.7 Å². The van der Waals surface area contributed by atoms with Crippen molar-refractivity contribution in [3.05, 3.63) is 114 Å². The van der Waals surface area contributed by atoms with Crippen molar-refractivity contribution in [2.75, 3.05) is 7.11 Å². The summed E-state index contributed by atoms with van der Waals surface area (Å²) in [5.41, 5.74) is 3.45. The number of hydrogen-bond acceptors (Lipinski definition) is 6. The van der Waals surface area contributed by atoms with E-state index in [4.69, 9.17) is 19.7 Å². The Morgan fingerprint density at radius 2 is 1.45 bits per heavy atom. The van der Waals surface area contributed by atoms with Crippen molar-refractivity contribution in [3.63, 3.8) is 0 Å². The normalized spacial score (nSPS) is 12.6. The van der Waals surface area contributed by atoms with Gasteiger partial charge in [-0.15, -0.1) is 10.2 Å². The maximum Gasteiger partial charge on any atom is 0.408 e. The number of amides is 2. The number of nitrogens with one attached hydrogen (secondary N) is 4. The van der Waals surface area contributed by atoms with Crippen LogP contribution in [0, 0.1) is 0 Å². The van der Waals surface area contributed by atoms with E-state index in [2.05, 4.69) is 55.6 Å². The molecule has 2 amide bonds. The third-order valence-corrected chi connectivity index (χ3v) is 8.97. The molecule has 1 atom stereocenters. The van der Waals surface area contributed by atoms with E-state index in [-0.39, 0.29) is 5.91 Å². The van der Waals surface area contributed by atoms with Crippen molar-refractivity contribution >= 4 is 33.8 Å². The van der Waals surface area contributed by atoms with E-state index in [1.807, 2.05) is 54.7 Å². The number of H-pyrrole nitrogens is 2. The SMILES string of the molecule is COc1ccc(Cn2c(CCCc3c[nH]c4ccccc34)nnc2[C@@H](Cc2c[nH]c3ccccc23)NC(=O)C(C)(C)NC(=O)OC(C)(C)C)cc1. The highest BCUT2D eigenvalue weighted by molar-refractivity contribution is 5.89. The van der Waals surface area contributed by atoms with Gasteiger partial charge in [0.15, 0.2) is 5.82 Å². The number of hydrogen-bond donors (Lipinski definition) is 4. The minimum Gasteiger partial charge on any atom is -0.497 e. The number of para-hydroxylation sites is 2. The molecule has 266 valence electrons. The van der Waals surface area contributed by atoms with Gasteiger partial charge in [0.05, 0.1) is 19.7 Å². The molecule has 0 radical (unpaired) electrons. The molecule has 0 aliphatic rings. The lowest BCUT2D eigenvalue weighted by molar-refractivity contribution is -0.127. The Morgan fingerprint density at radius 1 is 0.824 bits per heavy atom. The Bertz CT molecular complexity index is 2120. The number of methoxy groups -OCH3 is 1. The van der Waals surface area contributed by atoms with Gasteiger partial charge in [0, 0.05) is 47.0 Å². The molecule has 51 heavy (non-hydrogen) atoms. The van der Waals surface area contributed by atoms with E-state index in [0.717, 1.165) is 52.0 Å². The second-order valence-corrected chi connectivity index (χ2v) is 14.5. The summed E-state index contributed by atoms with van der Waals surface area (Å²) < 4.78 is 13.0. The zero-order valence-corrected chi connectivity index (χ0v) is 30.2. The lowest BCUT2D eigenvalue weighted by Gasteiger charge is -2.29. The lowest BCUT2D eigenvalue weighted by Crippen LogP contribution is -2.56. The van der Waals surface area contributed by atoms with Crippen molar-refractivity contribution in [3.8, 4) is 5.75 Å². The first-order chi connectivity index (χ1) is 24.4. The molecule has 0 fully saturated rings. The standard InChI is InChI=1S/C40H47N7O4/c1-39(2,3)51-38(49)44-40(4,5)37(48)43-34(22-28-24-42-33-16-10-8-14-31(28)33)36-46-45-35(47(36)25-26-18-20-29(50-6)21-19-26)17-11-12-27-23-41-32-15-9-7-13-30(27)32/h7-10,13-16,18-21,23-24,34,41-42H,11-12,17,22,25H2,1-6H3,(H,43,48)(H,44,49)/t34-/m1/s1. The predicted molar refractivity (Wildman–Crippen MR) is 199 cm³/mol. The minimum absolute atomic E-state index is 0.377. The number of ether oxygens (including phenoxy) is 2. The monoisotopic (exact) mass is 689 g/mol. The first kappa shape index (κ1) is 35.3. The summed E-state index contributed by atoms with van der Waals surface area (Å²) in [5.74, 6) is 1.84. The number of aromatic amines is 2. The molecule has 4 N–H and O–H groups in total. The molecule has 11 nitrogen and oxygen atoms in total. The molecule has 0 aliphatic heterocycles. The zero-order valence-electron chi connectivity index (χ0n) is 30.2. The number of fused-ring (bicyclic) bond motifs is 2. The van der Waals surface area contributed by atoms with Crippen LogP contribution in [0.2, 0.25) is 0 Å². The fraction of sp³-hybridized carbons (Fsp3) is 0.350. The smallest absolute Gasteiger partial charge is 0.408 e. The topological polar surface area (TPSA) is 139 Å². The fourth-order valence-corrected chi connectivity index (χ4v) is 6.33. The van der Waals surface area contributed by atoms with E-state index >= 15 is 0 Å². The van der Waals surface area contributed by atoms with Gasteiger partial charge in [-0.3, -0.25) is 4.79 Å². The quantitative estimate of drug-likeness (QED) is 0.101. The second kappa shape index (κ2) is 14.7. The summed E-state index contributed by atoms with van der Waals surface area (Å²) in [5, 5.41) is 17.8. The van der Waals surface area contributed by atoms with Crippen LogP contribution < -0.4 is 15.4 Å². The van der Waals surface area contributed by atoms with Crippen molar-refractivity contribution in [2.45, 2.75) is 84.0 Å². The molecule has 3 aromatic carbocycles. The Kier molecular flexibility index (Phi) is 10.2. The number of alkyl carbamates (subject to hydrolysis) is 1. The first-order valence-corrected chi connectivity index (χ1v) is 17.4. The van der Waals surface area contributed by atoms with Crippen LogP contribution in [0.25, 0.3) is 21.8 Å². The van der Waals surface area contributed by atoms with Gasteiger partial charge >= 0.3 is 6.09 Å². The number of aromatic nitrogens is 5. The number of carbonyl (C=O) groups excluding carboxylic acids is 2. The summed E-state index contributed by atoms with van der Waals surface area (Å²) in [6.07, 6.45) is 6.23. The number of rotatable bonds is 13. The Labute approximate surface area is 298 Å². The van der Waals surface area contributed by atoms with E-state index in [0.29, 0.717) is 25.2 Å². The summed E-state index contributed by atoms with van der Waals surface area (Å²) in [7, 11) is 1.65. The Hall–Kier alpha value is -5.58. The first-order valence-electron chi connectivity index (χ1n) is 17.4. The summed E-state index contributed by atoms with van der Waals surface area (Å²) >= 11 is 0. The van der Waals surface area contributed by atoms with Gasteiger partial charge in [0.25, 0.3) is 0 Å². The van der Waals surface area contributed by atoms with Crippen molar-refractivity contribution in [1.82, 2.24) is 35.4 Å². The van der Waals surface area contributed by atoms with Crippen LogP contribution in [0.5, 0.6) is 5.75 Å². The molecule has 0 saturated heterocycles. The van der Waals surface area contributed by atoms with Gasteiger partial charge in [-0.1, -0.05) is 48.5 Å². The average molecular weight is 690 g/mol. The van der Waals surface area contributed by atoms with Crippen LogP contribution in [-0.2, 0) is 35.3 Å². The minimum atomic E-state index is -1.29. The number of nitrogens with zero attached hydrogens (tertiary/aromatic N) is 3. The van der Waals surface area contributed by atoms with E-state index in [9.17, 15) is 9.59 Å². The Balaban J connectivity index is 1.33. The highest BCUT2D eigenvalue weighted by Crippen LogP contribution is 2.27. The molecule has 3 heterocycles. The maximum atomic E-state index is 14.0. The molecule has 0 unspecified atom stereocenters. The molecule has 0 aliphatic carbocycles. The van der Waals surface area contributed by atoms with Crippen LogP contribution >= 0.6 is 0 Å². The van der Waals surface area contributed by atoms with Crippen LogP contribution in [-0.4, -0.2) is 55.0 Å². The second-order valence-electron chi connectivity index (χ2n) is 14.5. The third kappa shape index (κ3) is 8.42. The Morgan fingerprint density at radius 3 is 2.10 bits per heavy atom. The summed E-state index contributed by atoms with van der Waals surface area (Å²) in [4.78, 5) is 33.5. The molecule has 6 aromatic rings. The highest BCUT2D eigenvalue weighted by atomic mass is 16.6. The van der Waals surface area contributed by atoms with Crippen molar-refractivity contribution in [1.29, 1.82) is 0 Å². The number of benzene rings is 3. The molecule has 0 saturated carbocycles. The van der Waals surface area contributed by atoms with Crippen LogP contribution in [0.3, 0.4) is 0 Å². The van der Waals surface area contributed by atoms with E-state index in [1.54, 1.807) is 41.7 Å². The van der Waals surface area contributed by atoms with Gasteiger partial charge < -0.3 is 34.6 Å². The molecule has 0 spiro atoms. The highest BCUT2D eigenvalue weighted by Gasteiger charge is 2.35. The summed E-state index contributed by atoms with van der Waals surface area (Å²) in [6.45, 7) is 9.16. The molecule has 11 heteroatoms. The molecular weight excluding hydrogens is 642 g/mol. The predicted octanol–water partition coefficient (Wildman–Crippen LogP) is 7.18. The largest absolute Gasteiger partial charge is 0.497 e.